The van der Waals surface area contributed by atoms with Crippen molar-refractivity contribution in [2.24, 2.45) is 15.8 Å². The smallest absolute Gasteiger partial charge is 0.191 e. The highest BCUT2D eigenvalue weighted by Crippen LogP contribution is 2.32. The summed E-state index contributed by atoms with van der Waals surface area (Å²) in [5, 5.41) is 0. The Balaban J connectivity index is 2.83. The standard InChI is InChI=1S/C11H19ClINO/c1-10(2,3)8-5-15-9(14-8)11(4,6-12)7-13/h8H,5-7H2,1-4H3/t8-,11?/m1/s1. The molecule has 1 heterocycles. The SMILES string of the molecule is CC(CCl)(CI)C1=N[C@@H](C(C)(C)C)CO1. The molecule has 88 valence electrons. The van der Waals surface area contributed by atoms with Gasteiger partial charge in [-0.1, -0.05) is 43.4 Å². The minimum Gasteiger partial charge on any atom is -0.478 e. The van der Waals surface area contributed by atoms with Gasteiger partial charge >= 0.3 is 0 Å². The number of ether oxygens (including phenoxy) is 1. The van der Waals surface area contributed by atoms with Crippen molar-refractivity contribution < 1.29 is 4.74 Å². The van der Waals surface area contributed by atoms with E-state index in [0.29, 0.717) is 12.5 Å². The van der Waals surface area contributed by atoms with Crippen LogP contribution in [0.1, 0.15) is 27.7 Å². The fourth-order valence-corrected chi connectivity index (χ4v) is 2.42. The highest BCUT2D eigenvalue weighted by atomic mass is 127. The van der Waals surface area contributed by atoms with E-state index in [1.54, 1.807) is 0 Å². The second-order valence-electron chi connectivity index (χ2n) is 5.46. The highest BCUT2D eigenvalue weighted by Gasteiger charge is 2.38. The molecule has 0 fully saturated rings. The summed E-state index contributed by atoms with van der Waals surface area (Å²) in [4.78, 5) is 4.68. The van der Waals surface area contributed by atoms with Crippen LogP contribution in [0.25, 0.3) is 0 Å². The van der Waals surface area contributed by atoms with Crippen molar-refractivity contribution in [2.45, 2.75) is 33.7 Å². The van der Waals surface area contributed by atoms with Crippen molar-refractivity contribution >= 4 is 40.1 Å². The maximum atomic E-state index is 5.99. The topological polar surface area (TPSA) is 21.6 Å². The molecule has 4 heteroatoms. The summed E-state index contributed by atoms with van der Waals surface area (Å²) >= 11 is 8.32. The lowest BCUT2D eigenvalue weighted by Crippen LogP contribution is -2.31. The van der Waals surface area contributed by atoms with Crippen molar-refractivity contribution in [2.75, 3.05) is 16.9 Å². The Morgan fingerprint density at radius 1 is 1.47 bits per heavy atom. The van der Waals surface area contributed by atoms with Crippen LogP contribution in [0.15, 0.2) is 4.99 Å². The lowest BCUT2D eigenvalue weighted by Gasteiger charge is -2.23. The van der Waals surface area contributed by atoms with E-state index in [9.17, 15) is 0 Å². The van der Waals surface area contributed by atoms with E-state index >= 15 is 0 Å². The highest BCUT2D eigenvalue weighted by molar-refractivity contribution is 14.1. The molecule has 2 nitrogen and oxygen atoms in total. The molecular formula is C11H19ClINO. The minimum absolute atomic E-state index is 0.109. The Hall–Kier alpha value is 0.490. The van der Waals surface area contributed by atoms with Crippen LogP contribution in [0.2, 0.25) is 0 Å². The first-order chi connectivity index (χ1) is 6.83. The van der Waals surface area contributed by atoms with Crippen molar-refractivity contribution in [1.29, 1.82) is 0 Å². The normalized spacial score (nSPS) is 25.7. The summed E-state index contributed by atoms with van der Waals surface area (Å²) in [6, 6.07) is 0.262. The van der Waals surface area contributed by atoms with Gasteiger partial charge in [-0.05, 0) is 12.3 Å². The zero-order chi connectivity index (χ0) is 11.7. The second-order valence-corrected chi connectivity index (χ2v) is 6.49. The summed E-state index contributed by atoms with van der Waals surface area (Å²) in [7, 11) is 0. The van der Waals surface area contributed by atoms with Gasteiger partial charge in [0.2, 0.25) is 0 Å². The predicted molar refractivity (Wildman–Crippen MR) is 74.3 cm³/mol. The van der Waals surface area contributed by atoms with E-state index in [0.717, 1.165) is 10.3 Å². The maximum absolute atomic E-state index is 5.99. The van der Waals surface area contributed by atoms with Gasteiger partial charge in [-0.2, -0.15) is 0 Å². The number of alkyl halides is 2. The third kappa shape index (κ3) is 2.99. The molecule has 0 aromatic rings. The van der Waals surface area contributed by atoms with E-state index in [1.165, 1.54) is 0 Å². The van der Waals surface area contributed by atoms with E-state index < -0.39 is 0 Å². The molecule has 1 aliphatic heterocycles. The van der Waals surface area contributed by atoms with Crippen LogP contribution in [-0.4, -0.2) is 28.9 Å². The van der Waals surface area contributed by atoms with Gasteiger partial charge < -0.3 is 4.74 Å². The molecule has 0 N–H and O–H groups in total. The van der Waals surface area contributed by atoms with Gasteiger partial charge in [-0.25, -0.2) is 4.99 Å². The van der Waals surface area contributed by atoms with Crippen LogP contribution in [0, 0.1) is 10.8 Å². The van der Waals surface area contributed by atoms with Crippen molar-refractivity contribution in [3.05, 3.63) is 0 Å². The Kier molecular flexibility index (Phi) is 4.32. The largest absolute Gasteiger partial charge is 0.478 e. The number of hydrogen-bond acceptors (Lipinski definition) is 2. The number of nitrogens with zero attached hydrogens (tertiary/aromatic N) is 1. The molecule has 0 amide bonds. The second kappa shape index (κ2) is 4.78. The van der Waals surface area contributed by atoms with E-state index in [-0.39, 0.29) is 16.9 Å². The molecule has 0 aromatic heterocycles. The van der Waals surface area contributed by atoms with E-state index in [4.69, 9.17) is 16.3 Å². The quantitative estimate of drug-likeness (QED) is 0.567. The summed E-state index contributed by atoms with van der Waals surface area (Å²) in [6.07, 6.45) is 0. The Labute approximate surface area is 111 Å². The first-order valence-electron chi connectivity index (χ1n) is 5.16. The van der Waals surface area contributed by atoms with Crippen LogP contribution in [0.4, 0.5) is 0 Å². The molecule has 2 atom stereocenters. The number of hydrogen-bond donors (Lipinski definition) is 0. The molecule has 0 aromatic carbocycles. The predicted octanol–water partition coefficient (Wildman–Crippen LogP) is 3.51. The van der Waals surface area contributed by atoms with Gasteiger partial charge in [0.1, 0.15) is 6.61 Å². The molecule has 15 heavy (non-hydrogen) atoms. The van der Waals surface area contributed by atoms with Gasteiger partial charge in [0.05, 0.1) is 11.5 Å². The maximum Gasteiger partial charge on any atom is 0.191 e. The first-order valence-corrected chi connectivity index (χ1v) is 7.22. The van der Waals surface area contributed by atoms with Crippen LogP contribution < -0.4 is 0 Å². The van der Waals surface area contributed by atoms with Crippen LogP contribution in [-0.2, 0) is 4.74 Å². The molecule has 1 rings (SSSR count). The zero-order valence-electron chi connectivity index (χ0n) is 9.81. The molecule has 0 saturated carbocycles. The zero-order valence-corrected chi connectivity index (χ0v) is 12.7. The van der Waals surface area contributed by atoms with Gasteiger partial charge in [-0.3, -0.25) is 0 Å². The molecular weight excluding hydrogens is 324 g/mol. The average molecular weight is 344 g/mol. The Morgan fingerprint density at radius 3 is 2.40 bits per heavy atom. The van der Waals surface area contributed by atoms with Crippen LogP contribution in [0.3, 0.4) is 0 Å². The molecule has 0 radical (unpaired) electrons. The molecule has 0 saturated heterocycles. The van der Waals surface area contributed by atoms with Crippen LogP contribution >= 0.6 is 34.2 Å². The minimum atomic E-state index is -0.109. The fraction of sp³-hybridized carbons (Fsp3) is 0.909. The number of aliphatic imine (C=N–C) groups is 1. The van der Waals surface area contributed by atoms with Crippen molar-refractivity contribution in [3.63, 3.8) is 0 Å². The Morgan fingerprint density at radius 2 is 2.07 bits per heavy atom. The fourth-order valence-electron chi connectivity index (χ4n) is 1.30. The summed E-state index contributed by atoms with van der Waals surface area (Å²) in [5.41, 5.74) is 0.0579. The summed E-state index contributed by atoms with van der Waals surface area (Å²) in [6.45, 7) is 9.37. The first kappa shape index (κ1) is 13.6. The Bertz CT molecular complexity index is 256. The van der Waals surface area contributed by atoms with Crippen molar-refractivity contribution in [3.8, 4) is 0 Å². The van der Waals surface area contributed by atoms with Gasteiger partial charge in [-0.15, -0.1) is 11.6 Å². The lowest BCUT2D eigenvalue weighted by atomic mass is 9.88. The van der Waals surface area contributed by atoms with Gasteiger partial charge in [0, 0.05) is 10.3 Å². The van der Waals surface area contributed by atoms with Gasteiger partial charge in [0.25, 0.3) is 0 Å². The molecule has 0 spiro atoms. The van der Waals surface area contributed by atoms with Crippen molar-refractivity contribution in [1.82, 2.24) is 0 Å². The molecule has 1 unspecified atom stereocenters. The third-order valence-electron chi connectivity index (χ3n) is 2.76. The van der Waals surface area contributed by atoms with E-state index in [2.05, 4.69) is 55.3 Å². The van der Waals surface area contributed by atoms with Crippen LogP contribution in [0.5, 0.6) is 0 Å². The molecule has 0 aliphatic carbocycles. The van der Waals surface area contributed by atoms with E-state index in [1.807, 2.05) is 0 Å². The molecule has 1 aliphatic rings. The summed E-state index contributed by atoms with van der Waals surface area (Å²) in [5.74, 6) is 1.40. The average Bonchev–Trinajstić information content (AvgIpc) is 2.65. The van der Waals surface area contributed by atoms with Gasteiger partial charge in [0.15, 0.2) is 5.90 Å². The monoisotopic (exact) mass is 343 g/mol. The number of halogens is 2. The third-order valence-corrected chi connectivity index (χ3v) is 5.03. The number of rotatable bonds is 3. The molecule has 0 bridgehead atoms. The summed E-state index contributed by atoms with van der Waals surface area (Å²) < 4.78 is 6.63. The lowest BCUT2D eigenvalue weighted by molar-refractivity contribution is 0.224.